The van der Waals surface area contributed by atoms with E-state index in [9.17, 15) is 13.2 Å². The van der Waals surface area contributed by atoms with Gasteiger partial charge in [-0.1, -0.05) is 29.8 Å². The number of benzene rings is 2. The van der Waals surface area contributed by atoms with Gasteiger partial charge in [-0.15, -0.1) is 0 Å². The van der Waals surface area contributed by atoms with Gasteiger partial charge in [-0.3, -0.25) is 4.79 Å². The fourth-order valence-electron chi connectivity index (χ4n) is 3.15. The summed E-state index contributed by atoms with van der Waals surface area (Å²) in [5.41, 5.74) is 2.10. The third-order valence-corrected chi connectivity index (χ3v) is 6.77. The number of aryl methyl sites for hydroxylation is 1. The first-order valence-corrected chi connectivity index (χ1v) is 11.8. The molecule has 2 aromatic carbocycles. The highest BCUT2D eigenvalue weighted by molar-refractivity contribution is 7.89. The van der Waals surface area contributed by atoms with Crippen molar-refractivity contribution in [1.82, 2.24) is 9.21 Å². The average Bonchev–Trinajstić information content (AvgIpc) is 3.28. The highest BCUT2D eigenvalue weighted by Crippen LogP contribution is 2.22. The Kier molecular flexibility index (Phi) is 7.71. The van der Waals surface area contributed by atoms with Crippen LogP contribution in [0.2, 0.25) is 0 Å². The second-order valence-corrected chi connectivity index (χ2v) is 9.43. The molecule has 1 aromatic heterocycles. The van der Waals surface area contributed by atoms with Crippen molar-refractivity contribution < 1.29 is 22.4 Å². The lowest BCUT2D eigenvalue weighted by molar-refractivity contribution is -0.130. The average molecular weight is 457 g/mol. The third-order valence-electron chi connectivity index (χ3n) is 4.96. The molecule has 1 heterocycles. The van der Waals surface area contributed by atoms with Crippen LogP contribution in [0, 0.1) is 6.92 Å². The molecule has 0 aliphatic rings. The summed E-state index contributed by atoms with van der Waals surface area (Å²) < 4.78 is 38.6. The monoisotopic (exact) mass is 456 g/mol. The number of rotatable bonds is 10. The summed E-state index contributed by atoms with van der Waals surface area (Å²) in [7, 11) is -2.28. The zero-order valence-corrected chi connectivity index (χ0v) is 19.3. The zero-order chi connectivity index (χ0) is 23.1. The first kappa shape index (κ1) is 23.6. The minimum Gasteiger partial charge on any atom is -0.494 e. The van der Waals surface area contributed by atoms with E-state index in [1.807, 2.05) is 38.1 Å². The first-order chi connectivity index (χ1) is 15.3. The summed E-state index contributed by atoms with van der Waals surface area (Å²) >= 11 is 0. The van der Waals surface area contributed by atoms with Crippen LogP contribution < -0.4 is 4.74 Å². The topological polar surface area (TPSA) is 80.1 Å². The molecule has 3 aromatic rings. The second kappa shape index (κ2) is 10.5. The van der Waals surface area contributed by atoms with E-state index in [1.54, 1.807) is 31.3 Å². The smallest absolute Gasteiger partial charge is 0.243 e. The van der Waals surface area contributed by atoms with Crippen LogP contribution in [0.4, 0.5) is 0 Å². The molecule has 0 aliphatic carbocycles. The lowest BCUT2D eigenvalue weighted by atomic mass is 10.1. The van der Waals surface area contributed by atoms with Gasteiger partial charge >= 0.3 is 0 Å². The molecular formula is C24H28N2O5S. The predicted molar refractivity (Wildman–Crippen MR) is 122 cm³/mol. The number of furan rings is 1. The fraction of sp³-hybridized carbons (Fsp3) is 0.292. The van der Waals surface area contributed by atoms with Crippen LogP contribution in [0.1, 0.15) is 23.8 Å². The van der Waals surface area contributed by atoms with Gasteiger partial charge in [0.05, 0.1) is 30.9 Å². The molecule has 170 valence electrons. The standard InChI is InChI=1S/C24H28N2O5S/c1-4-30-21-11-13-23(14-12-21)32(28,29)26(17-22-6-5-15-31-22)18-24(27)25(3)16-20-9-7-19(2)8-10-20/h5-15H,4,16-18H2,1-3H3. The number of sulfonamides is 1. The van der Waals surface area contributed by atoms with Gasteiger partial charge in [-0.25, -0.2) is 8.42 Å². The summed E-state index contributed by atoms with van der Waals surface area (Å²) in [6.07, 6.45) is 1.47. The Morgan fingerprint density at radius 1 is 1.00 bits per heavy atom. The fourth-order valence-corrected chi connectivity index (χ4v) is 4.51. The highest BCUT2D eigenvalue weighted by Gasteiger charge is 2.29. The number of nitrogens with zero attached hydrogens (tertiary/aromatic N) is 2. The van der Waals surface area contributed by atoms with Crippen molar-refractivity contribution in [2.75, 3.05) is 20.2 Å². The minimum atomic E-state index is -3.95. The predicted octanol–water partition coefficient (Wildman–Crippen LogP) is 3.84. The van der Waals surface area contributed by atoms with Crippen LogP contribution in [0.5, 0.6) is 5.75 Å². The van der Waals surface area contributed by atoms with E-state index in [-0.39, 0.29) is 23.9 Å². The molecule has 0 radical (unpaired) electrons. The van der Waals surface area contributed by atoms with Crippen molar-refractivity contribution in [1.29, 1.82) is 0 Å². The molecule has 0 atom stereocenters. The van der Waals surface area contributed by atoms with Gasteiger partial charge in [0.25, 0.3) is 0 Å². The van der Waals surface area contributed by atoms with E-state index in [2.05, 4.69) is 0 Å². The lowest BCUT2D eigenvalue weighted by Crippen LogP contribution is -2.40. The van der Waals surface area contributed by atoms with Gasteiger partial charge in [0.15, 0.2) is 0 Å². The third kappa shape index (κ3) is 5.99. The van der Waals surface area contributed by atoms with Gasteiger partial charge in [-0.2, -0.15) is 4.31 Å². The van der Waals surface area contributed by atoms with Crippen molar-refractivity contribution in [3.05, 3.63) is 83.8 Å². The maximum atomic E-state index is 13.4. The Labute approximate surface area is 189 Å². The Bertz CT molecular complexity index is 1110. The maximum Gasteiger partial charge on any atom is 0.243 e. The van der Waals surface area contributed by atoms with Gasteiger partial charge < -0.3 is 14.1 Å². The molecular weight excluding hydrogens is 428 g/mol. The number of carbonyl (C=O) groups is 1. The van der Waals surface area contributed by atoms with E-state index in [1.165, 1.54) is 23.3 Å². The van der Waals surface area contributed by atoms with Crippen molar-refractivity contribution >= 4 is 15.9 Å². The van der Waals surface area contributed by atoms with Crippen LogP contribution >= 0.6 is 0 Å². The van der Waals surface area contributed by atoms with Crippen LogP contribution in [0.3, 0.4) is 0 Å². The van der Waals surface area contributed by atoms with E-state index in [4.69, 9.17) is 9.15 Å². The molecule has 0 unspecified atom stereocenters. The number of ether oxygens (including phenoxy) is 1. The Hall–Kier alpha value is -3.10. The maximum absolute atomic E-state index is 13.4. The molecule has 0 fully saturated rings. The minimum absolute atomic E-state index is 0.0490. The van der Waals surface area contributed by atoms with Crippen molar-refractivity contribution in [3.63, 3.8) is 0 Å². The van der Waals surface area contributed by atoms with Crippen LogP contribution in [-0.4, -0.2) is 43.7 Å². The molecule has 0 saturated heterocycles. The number of hydrogen-bond donors (Lipinski definition) is 0. The van der Waals surface area contributed by atoms with Gasteiger partial charge in [-0.05, 0) is 55.8 Å². The van der Waals surface area contributed by atoms with Crippen LogP contribution in [-0.2, 0) is 27.9 Å². The summed E-state index contributed by atoms with van der Waals surface area (Å²) in [5, 5.41) is 0. The molecule has 0 aliphatic heterocycles. The van der Waals surface area contributed by atoms with Crippen LogP contribution in [0.15, 0.2) is 76.2 Å². The molecule has 32 heavy (non-hydrogen) atoms. The number of amides is 1. The van der Waals surface area contributed by atoms with E-state index >= 15 is 0 Å². The number of hydrogen-bond acceptors (Lipinski definition) is 5. The van der Waals surface area contributed by atoms with Crippen molar-refractivity contribution in [3.8, 4) is 5.75 Å². The number of carbonyl (C=O) groups excluding carboxylic acids is 1. The molecule has 8 heteroatoms. The Morgan fingerprint density at radius 3 is 2.28 bits per heavy atom. The lowest BCUT2D eigenvalue weighted by Gasteiger charge is -2.24. The number of likely N-dealkylation sites (N-methyl/N-ethyl adjacent to an activating group) is 1. The van der Waals surface area contributed by atoms with Gasteiger partial charge in [0.2, 0.25) is 15.9 Å². The van der Waals surface area contributed by atoms with E-state index in [0.717, 1.165) is 15.4 Å². The highest BCUT2D eigenvalue weighted by atomic mass is 32.2. The normalized spacial score (nSPS) is 11.5. The van der Waals surface area contributed by atoms with E-state index in [0.29, 0.717) is 24.7 Å². The van der Waals surface area contributed by atoms with Gasteiger partial charge in [0.1, 0.15) is 11.5 Å². The van der Waals surface area contributed by atoms with Crippen LogP contribution in [0.25, 0.3) is 0 Å². The Balaban J connectivity index is 1.79. The molecule has 0 spiro atoms. The zero-order valence-electron chi connectivity index (χ0n) is 18.5. The summed E-state index contributed by atoms with van der Waals surface area (Å²) in [6, 6.07) is 17.4. The van der Waals surface area contributed by atoms with Crippen molar-refractivity contribution in [2.45, 2.75) is 31.8 Å². The second-order valence-electron chi connectivity index (χ2n) is 7.49. The SMILES string of the molecule is CCOc1ccc(S(=O)(=O)N(CC(=O)N(C)Cc2ccc(C)cc2)Cc2ccco2)cc1. The summed E-state index contributed by atoms with van der Waals surface area (Å²) in [6.45, 7) is 4.37. The summed E-state index contributed by atoms with van der Waals surface area (Å²) in [4.78, 5) is 14.5. The largest absolute Gasteiger partial charge is 0.494 e. The van der Waals surface area contributed by atoms with Gasteiger partial charge in [0, 0.05) is 13.6 Å². The molecule has 0 N–H and O–H groups in total. The molecule has 0 bridgehead atoms. The molecule has 0 saturated carbocycles. The summed E-state index contributed by atoms with van der Waals surface area (Å²) in [5.74, 6) is 0.720. The first-order valence-electron chi connectivity index (χ1n) is 10.3. The quantitative estimate of drug-likeness (QED) is 0.463. The molecule has 7 nitrogen and oxygen atoms in total. The van der Waals surface area contributed by atoms with E-state index < -0.39 is 10.0 Å². The molecule has 1 amide bonds. The molecule has 3 rings (SSSR count). The van der Waals surface area contributed by atoms with Crippen molar-refractivity contribution in [2.24, 2.45) is 0 Å². The Morgan fingerprint density at radius 2 is 1.69 bits per heavy atom.